The average molecular weight is 1070 g/mol. The van der Waals surface area contributed by atoms with Crippen LogP contribution in [0.25, 0.3) is 0 Å². The molecule has 0 saturated heterocycles. The smallest absolute Gasteiger partial charge is 0.306 e. The molecule has 0 aromatic heterocycles. The van der Waals surface area contributed by atoms with Gasteiger partial charge >= 0.3 is 17.9 Å². The van der Waals surface area contributed by atoms with Gasteiger partial charge in [0.15, 0.2) is 6.10 Å². The largest absolute Gasteiger partial charge is 0.462 e. The molecule has 0 bridgehead atoms. The van der Waals surface area contributed by atoms with Crippen molar-refractivity contribution in [3.05, 3.63) is 24.3 Å². The summed E-state index contributed by atoms with van der Waals surface area (Å²) in [4.78, 5) is 38.3. The van der Waals surface area contributed by atoms with E-state index < -0.39 is 6.10 Å². The normalized spacial score (nSPS) is 12.1. The molecule has 0 heterocycles. The maximum atomic E-state index is 12.9. The molecule has 0 aliphatic carbocycles. The van der Waals surface area contributed by atoms with E-state index in [2.05, 4.69) is 45.1 Å². The van der Waals surface area contributed by atoms with Gasteiger partial charge in [-0.1, -0.05) is 347 Å². The van der Waals surface area contributed by atoms with Crippen LogP contribution in [0.15, 0.2) is 24.3 Å². The van der Waals surface area contributed by atoms with Crippen molar-refractivity contribution >= 4 is 17.9 Å². The van der Waals surface area contributed by atoms with Crippen molar-refractivity contribution in [1.29, 1.82) is 0 Å². The Morgan fingerprint density at radius 1 is 0.263 bits per heavy atom. The van der Waals surface area contributed by atoms with Gasteiger partial charge in [-0.25, -0.2) is 0 Å². The van der Waals surface area contributed by atoms with Crippen LogP contribution in [0.4, 0.5) is 0 Å². The Morgan fingerprint density at radius 3 is 0.776 bits per heavy atom. The first-order chi connectivity index (χ1) is 37.5. The number of carbonyl (C=O) groups is 3. The molecule has 0 aliphatic rings. The van der Waals surface area contributed by atoms with E-state index in [9.17, 15) is 14.4 Å². The number of carbonyl (C=O) groups excluding carboxylic acids is 3. The zero-order valence-corrected chi connectivity index (χ0v) is 51.6. The van der Waals surface area contributed by atoms with E-state index in [1.807, 2.05) is 0 Å². The van der Waals surface area contributed by atoms with Crippen molar-refractivity contribution in [2.75, 3.05) is 13.2 Å². The Bertz CT molecular complexity index is 1230. The van der Waals surface area contributed by atoms with Gasteiger partial charge in [-0.2, -0.15) is 0 Å². The fourth-order valence-electron chi connectivity index (χ4n) is 10.5. The fraction of sp³-hybridized carbons (Fsp3) is 0.900. The molecule has 0 aliphatic heterocycles. The number of ether oxygens (including phenoxy) is 3. The number of allylic oxidation sites excluding steroid dienone is 4. The minimum Gasteiger partial charge on any atom is -0.462 e. The maximum absolute atomic E-state index is 12.9. The lowest BCUT2D eigenvalue weighted by molar-refractivity contribution is -0.167. The third-order valence-electron chi connectivity index (χ3n) is 15.7. The number of hydrogen-bond acceptors (Lipinski definition) is 6. The monoisotopic (exact) mass is 1070 g/mol. The zero-order chi connectivity index (χ0) is 55.0. The molecular weight excluding hydrogens is 937 g/mol. The molecular formula is C70H132O6. The summed E-state index contributed by atoms with van der Waals surface area (Å²) in [5.74, 6) is -0.854. The number of esters is 3. The molecule has 0 N–H and O–H groups in total. The summed E-state index contributed by atoms with van der Waals surface area (Å²) in [6.07, 6.45) is 79.2. The van der Waals surface area contributed by atoms with Gasteiger partial charge < -0.3 is 14.2 Å². The Labute approximate surface area is 474 Å². The lowest BCUT2D eigenvalue weighted by Crippen LogP contribution is -2.30. The van der Waals surface area contributed by atoms with E-state index in [0.717, 1.165) is 83.5 Å². The van der Waals surface area contributed by atoms with Crippen LogP contribution in [0.2, 0.25) is 0 Å². The van der Waals surface area contributed by atoms with Gasteiger partial charge in [0.1, 0.15) is 13.2 Å². The van der Waals surface area contributed by atoms with Gasteiger partial charge in [0.2, 0.25) is 0 Å². The lowest BCUT2D eigenvalue weighted by atomic mass is 10.0. The highest BCUT2D eigenvalue weighted by atomic mass is 16.6. The van der Waals surface area contributed by atoms with Crippen LogP contribution < -0.4 is 0 Å². The second-order valence-corrected chi connectivity index (χ2v) is 23.5. The quantitative estimate of drug-likeness (QED) is 0.0261. The Balaban J connectivity index is 4.20. The minimum absolute atomic E-state index is 0.0694. The van der Waals surface area contributed by atoms with E-state index in [-0.39, 0.29) is 31.1 Å². The first-order valence-corrected chi connectivity index (χ1v) is 34.3. The van der Waals surface area contributed by atoms with Crippen LogP contribution in [0.1, 0.15) is 387 Å². The molecule has 1 atom stereocenters. The van der Waals surface area contributed by atoms with Gasteiger partial charge in [-0.05, 0) is 44.9 Å². The first kappa shape index (κ1) is 73.9. The third kappa shape index (κ3) is 62.7. The second kappa shape index (κ2) is 65.4. The molecule has 0 rings (SSSR count). The van der Waals surface area contributed by atoms with Gasteiger partial charge in [0.05, 0.1) is 0 Å². The molecule has 0 radical (unpaired) electrons. The van der Waals surface area contributed by atoms with Gasteiger partial charge in [-0.3, -0.25) is 14.4 Å². The molecule has 0 aromatic carbocycles. The highest BCUT2D eigenvalue weighted by Gasteiger charge is 2.19. The zero-order valence-electron chi connectivity index (χ0n) is 51.6. The number of hydrogen-bond donors (Lipinski definition) is 0. The summed E-state index contributed by atoms with van der Waals surface area (Å²) >= 11 is 0. The summed E-state index contributed by atoms with van der Waals surface area (Å²) in [6, 6.07) is 0. The summed E-state index contributed by atoms with van der Waals surface area (Å²) in [6.45, 7) is 6.65. The molecule has 0 saturated carbocycles. The molecule has 1 unspecified atom stereocenters. The Hall–Kier alpha value is -2.11. The van der Waals surface area contributed by atoms with E-state index in [0.29, 0.717) is 19.3 Å². The molecule has 0 amide bonds. The van der Waals surface area contributed by atoms with E-state index in [4.69, 9.17) is 14.2 Å². The molecule has 0 spiro atoms. The van der Waals surface area contributed by atoms with Crippen molar-refractivity contribution in [1.82, 2.24) is 0 Å². The van der Waals surface area contributed by atoms with Crippen molar-refractivity contribution in [3.8, 4) is 0 Å². The predicted octanol–water partition coefficient (Wildman–Crippen LogP) is 23.4. The SMILES string of the molecule is CCC/C=C\C/C=C\CCCCCCCC(=O)OCC(COC(=O)CCCCCCCCCCCCCCCCCCCCCCCCCCCC)OC(=O)CCCCCCCCCCCCCCCCCCCCC. The minimum atomic E-state index is -0.773. The lowest BCUT2D eigenvalue weighted by Gasteiger charge is -2.18. The summed E-state index contributed by atoms with van der Waals surface area (Å²) < 4.78 is 17.0. The van der Waals surface area contributed by atoms with Gasteiger partial charge in [-0.15, -0.1) is 0 Å². The summed E-state index contributed by atoms with van der Waals surface area (Å²) in [5, 5.41) is 0. The van der Waals surface area contributed by atoms with Crippen LogP contribution in [0, 0.1) is 0 Å². The van der Waals surface area contributed by atoms with Crippen molar-refractivity contribution in [2.24, 2.45) is 0 Å². The van der Waals surface area contributed by atoms with E-state index >= 15 is 0 Å². The van der Waals surface area contributed by atoms with Crippen LogP contribution in [0.3, 0.4) is 0 Å². The summed E-state index contributed by atoms with van der Waals surface area (Å²) in [5.41, 5.74) is 0. The molecule has 6 nitrogen and oxygen atoms in total. The van der Waals surface area contributed by atoms with Crippen LogP contribution in [0.5, 0.6) is 0 Å². The van der Waals surface area contributed by atoms with Crippen LogP contribution in [-0.2, 0) is 28.6 Å². The van der Waals surface area contributed by atoms with Crippen LogP contribution in [-0.4, -0.2) is 37.2 Å². The van der Waals surface area contributed by atoms with Crippen molar-refractivity contribution in [2.45, 2.75) is 393 Å². The summed E-state index contributed by atoms with van der Waals surface area (Å²) in [7, 11) is 0. The predicted molar refractivity (Wildman–Crippen MR) is 330 cm³/mol. The average Bonchev–Trinajstić information content (AvgIpc) is 3.42. The van der Waals surface area contributed by atoms with Gasteiger partial charge in [0.25, 0.3) is 0 Å². The van der Waals surface area contributed by atoms with Crippen molar-refractivity contribution in [3.63, 3.8) is 0 Å². The molecule has 448 valence electrons. The van der Waals surface area contributed by atoms with E-state index in [1.165, 1.54) is 263 Å². The van der Waals surface area contributed by atoms with Gasteiger partial charge in [0, 0.05) is 19.3 Å². The molecule has 0 aromatic rings. The standard InChI is InChI=1S/C70H132O6/c1-4-7-10-13-16-19-22-25-27-29-31-32-33-34-35-36-37-39-40-42-45-48-51-54-57-60-63-69(72)75-66-67(65-74-68(71)62-59-56-53-50-47-44-24-21-18-15-12-9-6-3)76-70(73)64-61-58-55-52-49-46-43-41-38-30-28-26-23-20-17-14-11-8-5-2/h12,15,21,24,67H,4-11,13-14,16-20,22-23,25-66H2,1-3H3/b15-12-,24-21-. The topological polar surface area (TPSA) is 78.9 Å². The first-order valence-electron chi connectivity index (χ1n) is 34.3. The van der Waals surface area contributed by atoms with E-state index in [1.54, 1.807) is 0 Å². The fourth-order valence-corrected chi connectivity index (χ4v) is 10.5. The maximum Gasteiger partial charge on any atom is 0.306 e. The molecule has 6 heteroatoms. The molecule has 0 fully saturated rings. The Kier molecular flexibility index (Phi) is 63.6. The van der Waals surface area contributed by atoms with Crippen LogP contribution >= 0.6 is 0 Å². The second-order valence-electron chi connectivity index (χ2n) is 23.5. The van der Waals surface area contributed by atoms with Crippen molar-refractivity contribution < 1.29 is 28.6 Å². The number of rotatable bonds is 64. The highest BCUT2D eigenvalue weighted by Crippen LogP contribution is 2.19. The molecule has 76 heavy (non-hydrogen) atoms. The number of unbranched alkanes of at least 4 members (excludes halogenated alkanes) is 49. The Morgan fingerprint density at radius 2 is 0.500 bits per heavy atom. The highest BCUT2D eigenvalue weighted by molar-refractivity contribution is 5.71. The third-order valence-corrected chi connectivity index (χ3v) is 15.7.